The molecule has 0 aromatic heterocycles. The van der Waals surface area contributed by atoms with Crippen LogP contribution in [0.4, 0.5) is 0 Å². The molecule has 1 aromatic rings. The molecule has 1 aromatic carbocycles. The van der Waals surface area contributed by atoms with Crippen LogP contribution in [0.2, 0.25) is 0 Å². The summed E-state index contributed by atoms with van der Waals surface area (Å²) in [6.07, 6.45) is 0.140. The van der Waals surface area contributed by atoms with Crippen molar-refractivity contribution in [1.82, 2.24) is 5.32 Å². The number of hydrogen-bond donors (Lipinski definition) is 1. The van der Waals surface area contributed by atoms with Gasteiger partial charge in [0.15, 0.2) is 0 Å². The van der Waals surface area contributed by atoms with Crippen LogP contribution < -0.4 is 10.1 Å². The summed E-state index contributed by atoms with van der Waals surface area (Å²) in [6, 6.07) is 6.07. The van der Waals surface area contributed by atoms with Gasteiger partial charge in [-0.25, -0.2) is 0 Å². The van der Waals surface area contributed by atoms with E-state index < -0.39 is 0 Å². The van der Waals surface area contributed by atoms with Crippen LogP contribution in [0.5, 0.6) is 5.75 Å². The number of benzene rings is 1. The number of rotatable bonds is 2. The van der Waals surface area contributed by atoms with Gasteiger partial charge in [0.2, 0.25) is 0 Å². The summed E-state index contributed by atoms with van der Waals surface area (Å²) in [7, 11) is 1.67. The number of ether oxygens (including phenoxy) is 2. The van der Waals surface area contributed by atoms with E-state index in [2.05, 4.69) is 27.3 Å². The van der Waals surface area contributed by atoms with Crippen molar-refractivity contribution in [1.29, 1.82) is 0 Å². The lowest BCUT2D eigenvalue weighted by Gasteiger charge is -2.24. The van der Waals surface area contributed by atoms with Gasteiger partial charge in [-0.3, -0.25) is 0 Å². The van der Waals surface area contributed by atoms with Crippen LogP contribution in [-0.4, -0.2) is 26.8 Å². The predicted molar refractivity (Wildman–Crippen MR) is 62.3 cm³/mol. The molecule has 1 aliphatic heterocycles. The fourth-order valence-electron chi connectivity index (χ4n) is 1.66. The first kappa shape index (κ1) is 10.9. The van der Waals surface area contributed by atoms with Crippen LogP contribution in [0, 0.1) is 0 Å². The second-order valence-corrected chi connectivity index (χ2v) is 4.31. The lowest BCUT2D eigenvalue weighted by molar-refractivity contribution is 0.0276. The van der Waals surface area contributed by atoms with Gasteiger partial charge in [0.25, 0.3) is 0 Å². The summed E-state index contributed by atoms with van der Waals surface area (Å²) < 4.78 is 11.9. The standard InChI is InChI=1S/C11H14BrNO2/c1-14-10-6-8(2-3-9(10)12)11-7-13-4-5-15-11/h2-3,6,11,13H,4-5,7H2,1H3. The van der Waals surface area contributed by atoms with Crippen LogP contribution in [0.1, 0.15) is 11.7 Å². The molecule has 0 aliphatic carbocycles. The highest BCUT2D eigenvalue weighted by atomic mass is 79.9. The quantitative estimate of drug-likeness (QED) is 0.894. The Labute approximate surface area is 97.9 Å². The maximum absolute atomic E-state index is 5.67. The number of hydrogen-bond acceptors (Lipinski definition) is 3. The van der Waals surface area contributed by atoms with Crippen molar-refractivity contribution in [2.24, 2.45) is 0 Å². The lowest BCUT2D eigenvalue weighted by atomic mass is 10.1. The van der Waals surface area contributed by atoms with Crippen molar-refractivity contribution in [3.63, 3.8) is 0 Å². The highest BCUT2D eigenvalue weighted by Crippen LogP contribution is 2.29. The summed E-state index contributed by atoms with van der Waals surface area (Å²) in [5, 5.41) is 3.31. The van der Waals surface area contributed by atoms with E-state index in [1.54, 1.807) is 7.11 Å². The van der Waals surface area contributed by atoms with E-state index >= 15 is 0 Å². The number of halogens is 1. The highest BCUT2D eigenvalue weighted by molar-refractivity contribution is 9.10. The Morgan fingerprint density at radius 3 is 3.07 bits per heavy atom. The molecule has 1 N–H and O–H groups in total. The summed E-state index contributed by atoms with van der Waals surface area (Å²) in [5.41, 5.74) is 1.15. The van der Waals surface area contributed by atoms with Gasteiger partial charge >= 0.3 is 0 Å². The summed E-state index contributed by atoms with van der Waals surface area (Å²) >= 11 is 3.43. The molecule has 0 spiro atoms. The van der Waals surface area contributed by atoms with Gasteiger partial charge in [0.05, 0.1) is 24.3 Å². The minimum absolute atomic E-state index is 0.140. The molecule has 82 valence electrons. The SMILES string of the molecule is COc1cc(C2CNCCO2)ccc1Br. The van der Waals surface area contributed by atoms with Crippen LogP contribution in [0.25, 0.3) is 0 Å². The van der Waals surface area contributed by atoms with Crippen molar-refractivity contribution in [2.45, 2.75) is 6.10 Å². The van der Waals surface area contributed by atoms with E-state index in [9.17, 15) is 0 Å². The van der Waals surface area contributed by atoms with Crippen LogP contribution in [0.15, 0.2) is 22.7 Å². The maximum Gasteiger partial charge on any atom is 0.133 e. The number of morpholine rings is 1. The van der Waals surface area contributed by atoms with E-state index in [0.717, 1.165) is 35.5 Å². The van der Waals surface area contributed by atoms with Gasteiger partial charge in [0.1, 0.15) is 5.75 Å². The molecule has 0 amide bonds. The first-order valence-electron chi connectivity index (χ1n) is 4.97. The molecule has 4 heteroatoms. The molecule has 1 atom stereocenters. The Kier molecular flexibility index (Phi) is 3.61. The van der Waals surface area contributed by atoms with Crippen LogP contribution in [0.3, 0.4) is 0 Å². The molecule has 1 unspecified atom stereocenters. The van der Waals surface area contributed by atoms with Crippen molar-refractivity contribution in [2.75, 3.05) is 26.8 Å². The van der Waals surface area contributed by atoms with E-state index in [0.29, 0.717) is 0 Å². The predicted octanol–water partition coefficient (Wildman–Crippen LogP) is 2.12. The zero-order chi connectivity index (χ0) is 10.7. The molecule has 1 heterocycles. The summed E-state index contributed by atoms with van der Waals surface area (Å²) in [4.78, 5) is 0. The third-order valence-electron chi connectivity index (χ3n) is 2.47. The fourth-order valence-corrected chi connectivity index (χ4v) is 2.06. The Bertz CT molecular complexity index is 337. The first-order chi connectivity index (χ1) is 7.31. The second-order valence-electron chi connectivity index (χ2n) is 3.46. The van der Waals surface area contributed by atoms with Crippen molar-refractivity contribution < 1.29 is 9.47 Å². The van der Waals surface area contributed by atoms with Gasteiger partial charge in [-0.1, -0.05) is 6.07 Å². The average Bonchev–Trinajstić information content (AvgIpc) is 2.31. The van der Waals surface area contributed by atoms with Crippen molar-refractivity contribution in [3.05, 3.63) is 28.2 Å². The van der Waals surface area contributed by atoms with Gasteiger partial charge < -0.3 is 14.8 Å². The smallest absolute Gasteiger partial charge is 0.133 e. The van der Waals surface area contributed by atoms with Gasteiger partial charge in [-0.15, -0.1) is 0 Å². The van der Waals surface area contributed by atoms with Crippen LogP contribution in [-0.2, 0) is 4.74 Å². The normalized spacial score (nSPS) is 21.3. The van der Waals surface area contributed by atoms with Gasteiger partial charge in [-0.2, -0.15) is 0 Å². The molecular weight excluding hydrogens is 258 g/mol. The largest absolute Gasteiger partial charge is 0.496 e. The van der Waals surface area contributed by atoms with Crippen molar-refractivity contribution in [3.8, 4) is 5.75 Å². The van der Waals surface area contributed by atoms with Crippen LogP contribution >= 0.6 is 15.9 Å². The molecular formula is C11H14BrNO2. The zero-order valence-electron chi connectivity index (χ0n) is 8.63. The topological polar surface area (TPSA) is 30.5 Å². The molecule has 1 fully saturated rings. The summed E-state index contributed by atoms with van der Waals surface area (Å²) in [6.45, 7) is 2.57. The molecule has 3 nitrogen and oxygen atoms in total. The average molecular weight is 272 g/mol. The Morgan fingerprint density at radius 1 is 1.53 bits per heavy atom. The van der Waals surface area contributed by atoms with E-state index in [1.165, 1.54) is 0 Å². The lowest BCUT2D eigenvalue weighted by Crippen LogP contribution is -2.33. The second kappa shape index (κ2) is 4.96. The molecule has 15 heavy (non-hydrogen) atoms. The minimum Gasteiger partial charge on any atom is -0.496 e. The Morgan fingerprint density at radius 2 is 2.40 bits per heavy atom. The fraction of sp³-hybridized carbons (Fsp3) is 0.455. The van der Waals surface area contributed by atoms with Crippen molar-refractivity contribution >= 4 is 15.9 Å². The van der Waals surface area contributed by atoms with Gasteiger partial charge in [0, 0.05) is 13.1 Å². The third kappa shape index (κ3) is 2.51. The molecule has 0 bridgehead atoms. The van der Waals surface area contributed by atoms with E-state index in [-0.39, 0.29) is 6.10 Å². The highest BCUT2D eigenvalue weighted by Gasteiger charge is 2.16. The number of methoxy groups -OCH3 is 1. The molecule has 0 saturated carbocycles. The Balaban J connectivity index is 2.20. The van der Waals surface area contributed by atoms with E-state index in [4.69, 9.17) is 9.47 Å². The molecule has 1 saturated heterocycles. The molecule has 0 radical (unpaired) electrons. The zero-order valence-corrected chi connectivity index (χ0v) is 10.2. The maximum atomic E-state index is 5.67. The first-order valence-corrected chi connectivity index (χ1v) is 5.76. The van der Waals surface area contributed by atoms with E-state index in [1.807, 2.05) is 12.1 Å². The monoisotopic (exact) mass is 271 g/mol. The Hall–Kier alpha value is -0.580. The minimum atomic E-state index is 0.140. The number of nitrogens with one attached hydrogen (secondary N) is 1. The van der Waals surface area contributed by atoms with Gasteiger partial charge in [-0.05, 0) is 33.6 Å². The molecule has 2 rings (SSSR count). The summed E-state index contributed by atoms with van der Waals surface area (Å²) in [5.74, 6) is 0.849. The third-order valence-corrected chi connectivity index (χ3v) is 3.13. The molecule has 1 aliphatic rings.